The Kier molecular flexibility index (Phi) is 5.11. The van der Waals surface area contributed by atoms with Crippen LogP contribution < -0.4 is 0 Å². The topological polar surface area (TPSA) is 20.2 Å². The van der Waals surface area contributed by atoms with Gasteiger partial charge in [0.15, 0.2) is 0 Å². The maximum Gasteiger partial charge on any atom is 0.0577 e. The van der Waals surface area contributed by atoms with Gasteiger partial charge in [-0.15, -0.1) is 0 Å². The lowest BCUT2D eigenvalue weighted by Crippen LogP contribution is -2.50. The third-order valence-corrected chi connectivity index (χ3v) is 9.93. The van der Waals surface area contributed by atoms with E-state index in [2.05, 4.69) is 34.6 Å². The zero-order valence-corrected chi connectivity index (χ0v) is 19.1. The van der Waals surface area contributed by atoms with Gasteiger partial charge in [0.05, 0.1) is 6.10 Å². The van der Waals surface area contributed by atoms with Crippen molar-refractivity contribution in [3.05, 3.63) is 11.6 Å². The molecule has 0 heterocycles. The Hall–Kier alpha value is -0.300. The van der Waals surface area contributed by atoms with Gasteiger partial charge < -0.3 is 5.11 Å². The summed E-state index contributed by atoms with van der Waals surface area (Å²) >= 11 is 0. The van der Waals surface area contributed by atoms with Crippen molar-refractivity contribution >= 4 is 0 Å². The second-order valence-corrected chi connectivity index (χ2v) is 11.9. The number of fused-ring (bicyclic) bond motifs is 5. The molecule has 3 fully saturated rings. The minimum absolute atomic E-state index is 0.109. The predicted molar refractivity (Wildman–Crippen MR) is 119 cm³/mol. The Bertz CT molecular complexity index is 670. The number of hydrogen-bond donors (Lipinski definition) is 1. The summed E-state index contributed by atoms with van der Waals surface area (Å²) in [5.74, 6) is 3.45. The van der Waals surface area contributed by atoms with Crippen molar-refractivity contribution in [1.29, 1.82) is 0 Å². The quantitative estimate of drug-likeness (QED) is 0.485. The highest BCUT2D eigenvalue weighted by molar-refractivity contribution is 5.25. The lowest BCUT2D eigenvalue weighted by molar-refractivity contribution is -0.0573. The molecule has 4 aliphatic rings. The number of hydrogen-bond acceptors (Lipinski definition) is 1. The first-order valence-electron chi connectivity index (χ1n) is 13.4. The molecule has 1 nitrogen and oxygen atoms in total. The molecule has 4 aliphatic carbocycles. The molecule has 1 N–H and O–H groups in total. The van der Waals surface area contributed by atoms with E-state index in [0.29, 0.717) is 23.7 Å². The Morgan fingerprint density at radius 3 is 2.61 bits per heavy atom. The van der Waals surface area contributed by atoms with Crippen LogP contribution in [0.4, 0.5) is 0 Å². The first kappa shape index (κ1) is 18.5. The van der Waals surface area contributed by atoms with Crippen molar-refractivity contribution in [3.8, 4) is 0 Å². The molecule has 0 aromatic rings. The number of allylic oxidation sites excluding steroid dienone is 1. The van der Waals surface area contributed by atoms with E-state index in [1.807, 2.05) is 6.08 Å². The van der Waals surface area contributed by atoms with Crippen molar-refractivity contribution in [2.45, 2.75) is 111 Å². The summed E-state index contributed by atoms with van der Waals surface area (Å²) in [6.45, 7) is 12.1. The minimum atomic E-state index is -1.22. The van der Waals surface area contributed by atoms with Crippen LogP contribution >= 0.6 is 0 Å². The van der Waals surface area contributed by atoms with E-state index < -0.39 is 6.37 Å². The zero-order chi connectivity index (χ0) is 21.9. The molecule has 0 saturated heterocycles. The molecule has 0 aromatic heterocycles. The number of aliphatic hydroxyl groups excluding tert-OH is 1. The average molecular weight is 391 g/mol. The third kappa shape index (κ3) is 3.42. The molecule has 4 rings (SSSR count). The van der Waals surface area contributed by atoms with Crippen LogP contribution in [0, 0.1) is 46.3 Å². The Morgan fingerprint density at radius 1 is 1.07 bits per heavy atom. The van der Waals surface area contributed by atoms with Gasteiger partial charge >= 0.3 is 0 Å². The lowest BCUT2D eigenvalue weighted by Gasteiger charge is -2.58. The molecule has 8 atom stereocenters. The summed E-state index contributed by atoms with van der Waals surface area (Å²) in [4.78, 5) is 0. The van der Waals surface area contributed by atoms with Gasteiger partial charge in [0.1, 0.15) is 0 Å². The van der Waals surface area contributed by atoms with E-state index in [1.165, 1.54) is 50.5 Å². The maximum atomic E-state index is 10.3. The smallest absolute Gasteiger partial charge is 0.0577 e. The van der Waals surface area contributed by atoms with E-state index in [9.17, 15) is 5.11 Å². The largest absolute Gasteiger partial charge is 0.393 e. The van der Waals surface area contributed by atoms with E-state index in [4.69, 9.17) is 2.74 Å². The highest BCUT2D eigenvalue weighted by atomic mass is 16.3. The Balaban J connectivity index is 1.58. The fourth-order valence-electron chi connectivity index (χ4n) is 8.17. The SMILES string of the molecule is [3H]C1([3H])C=C2C[C@@H](O)CC[C@]2(C)[C@H]2CC[C@]3(C)[C@@H]([C@H](C)CCCC(C)C)CC[C@H]3[C@@H]21. The van der Waals surface area contributed by atoms with Crippen LogP contribution in [0.3, 0.4) is 0 Å². The summed E-state index contributed by atoms with van der Waals surface area (Å²) in [7, 11) is 0. The average Bonchev–Trinajstić information content (AvgIpc) is 2.99. The first-order chi connectivity index (χ1) is 14.0. The van der Waals surface area contributed by atoms with E-state index in [-0.39, 0.29) is 17.4 Å². The second-order valence-electron chi connectivity index (χ2n) is 11.9. The molecule has 28 heavy (non-hydrogen) atoms. The van der Waals surface area contributed by atoms with Crippen molar-refractivity contribution in [2.75, 3.05) is 0 Å². The van der Waals surface area contributed by atoms with Crippen LogP contribution in [0.2, 0.25) is 0 Å². The van der Waals surface area contributed by atoms with Gasteiger partial charge in [-0.05, 0) is 97.7 Å². The molecule has 1 heteroatoms. The van der Waals surface area contributed by atoms with Crippen LogP contribution in [-0.4, -0.2) is 11.2 Å². The van der Waals surface area contributed by atoms with E-state index >= 15 is 0 Å². The lowest BCUT2D eigenvalue weighted by atomic mass is 9.47. The summed E-state index contributed by atoms with van der Waals surface area (Å²) < 4.78 is 18.2. The molecule has 0 spiro atoms. The van der Waals surface area contributed by atoms with Crippen molar-refractivity contribution < 1.29 is 7.85 Å². The Labute approximate surface area is 177 Å². The summed E-state index contributed by atoms with van der Waals surface area (Å²) in [5.41, 5.74) is 1.65. The van der Waals surface area contributed by atoms with Gasteiger partial charge in [0.2, 0.25) is 0 Å². The second kappa shape index (κ2) is 7.75. The molecule has 160 valence electrons. The van der Waals surface area contributed by atoms with Gasteiger partial charge in [-0.3, -0.25) is 0 Å². The third-order valence-electron chi connectivity index (χ3n) is 9.93. The van der Waals surface area contributed by atoms with E-state index in [1.54, 1.807) is 0 Å². The van der Waals surface area contributed by atoms with Crippen LogP contribution in [0.25, 0.3) is 0 Å². The highest BCUT2D eigenvalue weighted by Gasteiger charge is 2.59. The molecular formula is C27H46O. The summed E-state index contributed by atoms with van der Waals surface area (Å²) in [6, 6.07) is 0. The van der Waals surface area contributed by atoms with Crippen molar-refractivity contribution in [3.63, 3.8) is 0 Å². The first-order valence-corrected chi connectivity index (χ1v) is 12.4. The molecular weight excluding hydrogens is 340 g/mol. The Morgan fingerprint density at radius 2 is 1.86 bits per heavy atom. The molecule has 0 unspecified atom stereocenters. The van der Waals surface area contributed by atoms with Gasteiger partial charge in [-0.1, -0.05) is 65.5 Å². The molecule has 0 bridgehead atoms. The molecule has 0 aliphatic heterocycles. The summed E-state index contributed by atoms with van der Waals surface area (Å²) in [5, 5.41) is 10.3. The molecule has 0 aromatic carbocycles. The maximum absolute atomic E-state index is 10.3. The van der Waals surface area contributed by atoms with Crippen molar-refractivity contribution in [1.82, 2.24) is 0 Å². The standard InChI is InChI=1S/C27H46O/c1-18(2)7-6-8-19(3)23-11-12-24-22-10-9-20-17-21(28)13-15-26(20,4)25(22)14-16-27(23,24)5/h9,18-19,21-25,28H,6-8,10-17H2,1-5H3/t19-,21+,22+,23-,24+,25+,26+,27-/m1/s1/i10T2. The van der Waals surface area contributed by atoms with Gasteiger partial charge in [0.25, 0.3) is 0 Å². The van der Waals surface area contributed by atoms with E-state index in [0.717, 1.165) is 30.6 Å². The minimum Gasteiger partial charge on any atom is -0.393 e. The highest BCUT2D eigenvalue weighted by Crippen LogP contribution is 2.67. The molecule has 3 saturated carbocycles. The van der Waals surface area contributed by atoms with Crippen LogP contribution in [0.1, 0.15) is 108 Å². The molecule has 0 amide bonds. The predicted octanol–water partition coefficient (Wildman–Crippen LogP) is 7.39. The number of rotatable bonds is 5. The number of aliphatic hydroxyl groups is 1. The monoisotopic (exact) mass is 390 g/mol. The van der Waals surface area contributed by atoms with Gasteiger partial charge in [0, 0.05) is 2.74 Å². The molecule has 0 radical (unpaired) electrons. The van der Waals surface area contributed by atoms with Gasteiger partial charge in [-0.2, -0.15) is 0 Å². The summed E-state index contributed by atoms with van der Waals surface area (Å²) in [6.07, 6.45) is 12.1. The fraction of sp³-hybridized carbons (Fsp3) is 0.926. The van der Waals surface area contributed by atoms with Crippen LogP contribution in [-0.2, 0) is 0 Å². The zero-order valence-electron chi connectivity index (χ0n) is 21.1. The fourth-order valence-corrected chi connectivity index (χ4v) is 8.17. The normalized spacial score (nSPS) is 49.4. The van der Waals surface area contributed by atoms with Crippen LogP contribution in [0.15, 0.2) is 11.6 Å². The van der Waals surface area contributed by atoms with Gasteiger partial charge in [-0.25, -0.2) is 0 Å². The van der Waals surface area contributed by atoms with Crippen molar-refractivity contribution in [2.24, 2.45) is 46.3 Å². The van der Waals surface area contributed by atoms with Crippen LogP contribution in [0.5, 0.6) is 0 Å².